The third-order valence-corrected chi connectivity index (χ3v) is 4.70. The number of carbonyl (C=O) groups is 1. The maximum Gasteiger partial charge on any atom is 0.303 e. The number of nitrogens with zero attached hydrogens (tertiary/aromatic N) is 3. The van der Waals surface area contributed by atoms with Gasteiger partial charge in [0.2, 0.25) is 5.89 Å². The van der Waals surface area contributed by atoms with Gasteiger partial charge in [0.05, 0.1) is 6.42 Å². The van der Waals surface area contributed by atoms with E-state index in [2.05, 4.69) is 26.5 Å². The SMILES string of the molecule is Cc1nc2c(cc1CCc1noc(CC(C)(C)CC(=O)O)n1)CCCN2. The molecule has 0 saturated carbocycles. The number of carboxylic acid groups (broad SMARTS) is 1. The van der Waals surface area contributed by atoms with Crippen molar-refractivity contribution in [1.29, 1.82) is 0 Å². The third kappa shape index (κ3) is 4.59. The average Bonchev–Trinajstić information content (AvgIpc) is 2.98. The van der Waals surface area contributed by atoms with Crippen LogP contribution >= 0.6 is 0 Å². The maximum absolute atomic E-state index is 10.9. The molecule has 2 aromatic heterocycles. The number of aliphatic carboxylic acids is 1. The Morgan fingerprint density at radius 1 is 1.35 bits per heavy atom. The highest BCUT2D eigenvalue weighted by Gasteiger charge is 2.25. The molecule has 1 aliphatic rings. The first kappa shape index (κ1) is 18.4. The number of hydrogen-bond donors (Lipinski definition) is 2. The van der Waals surface area contributed by atoms with Gasteiger partial charge in [0, 0.05) is 25.1 Å². The second-order valence-corrected chi connectivity index (χ2v) is 7.79. The number of aryl methyl sites for hydroxylation is 4. The summed E-state index contributed by atoms with van der Waals surface area (Å²) in [5.74, 6) is 1.34. The lowest BCUT2D eigenvalue weighted by molar-refractivity contribution is -0.139. The smallest absolute Gasteiger partial charge is 0.303 e. The van der Waals surface area contributed by atoms with Crippen LogP contribution in [0.15, 0.2) is 10.6 Å². The van der Waals surface area contributed by atoms with Crippen molar-refractivity contribution in [2.24, 2.45) is 5.41 Å². The van der Waals surface area contributed by atoms with Gasteiger partial charge >= 0.3 is 5.97 Å². The number of aromatic nitrogens is 3. The Morgan fingerprint density at radius 3 is 2.92 bits per heavy atom. The molecule has 1 aliphatic heterocycles. The molecule has 2 aromatic rings. The van der Waals surface area contributed by atoms with E-state index in [1.54, 1.807) is 0 Å². The van der Waals surface area contributed by atoms with Crippen LogP contribution in [-0.2, 0) is 30.5 Å². The first-order chi connectivity index (χ1) is 12.3. The second-order valence-electron chi connectivity index (χ2n) is 7.79. The Balaban J connectivity index is 1.62. The van der Waals surface area contributed by atoms with Crippen molar-refractivity contribution in [3.8, 4) is 0 Å². The predicted octanol–water partition coefficient (Wildman–Crippen LogP) is 2.96. The van der Waals surface area contributed by atoms with Gasteiger partial charge in [-0.15, -0.1) is 0 Å². The summed E-state index contributed by atoms with van der Waals surface area (Å²) in [6.45, 7) is 6.80. The minimum atomic E-state index is -0.820. The first-order valence-electron chi connectivity index (χ1n) is 9.09. The molecule has 3 heterocycles. The third-order valence-electron chi connectivity index (χ3n) is 4.70. The molecule has 0 atom stereocenters. The maximum atomic E-state index is 10.9. The van der Waals surface area contributed by atoms with Crippen molar-refractivity contribution in [1.82, 2.24) is 15.1 Å². The zero-order chi connectivity index (χ0) is 18.7. The number of fused-ring (bicyclic) bond motifs is 1. The zero-order valence-corrected chi connectivity index (χ0v) is 15.6. The molecule has 0 aliphatic carbocycles. The van der Waals surface area contributed by atoms with E-state index in [1.165, 1.54) is 11.1 Å². The van der Waals surface area contributed by atoms with Crippen LogP contribution < -0.4 is 5.32 Å². The van der Waals surface area contributed by atoms with Crippen LogP contribution in [0.3, 0.4) is 0 Å². The van der Waals surface area contributed by atoms with Crippen LogP contribution in [0.25, 0.3) is 0 Å². The van der Waals surface area contributed by atoms with Gasteiger partial charge in [-0.25, -0.2) is 4.98 Å². The predicted molar refractivity (Wildman–Crippen MR) is 97.2 cm³/mol. The lowest BCUT2D eigenvalue weighted by atomic mass is 9.86. The lowest BCUT2D eigenvalue weighted by Gasteiger charge is -2.19. The quantitative estimate of drug-likeness (QED) is 0.784. The van der Waals surface area contributed by atoms with Crippen LogP contribution in [0, 0.1) is 12.3 Å². The van der Waals surface area contributed by atoms with E-state index in [4.69, 9.17) is 9.63 Å². The molecule has 0 amide bonds. The molecule has 0 saturated heterocycles. The van der Waals surface area contributed by atoms with Crippen LogP contribution in [0.1, 0.15) is 55.2 Å². The van der Waals surface area contributed by atoms with Crippen LogP contribution in [0.2, 0.25) is 0 Å². The fourth-order valence-electron chi connectivity index (χ4n) is 3.37. The molecule has 0 aromatic carbocycles. The molecular weight excluding hydrogens is 332 g/mol. The number of hydrogen-bond acceptors (Lipinski definition) is 6. The van der Waals surface area contributed by atoms with Crippen molar-refractivity contribution < 1.29 is 14.4 Å². The fraction of sp³-hybridized carbons (Fsp3) is 0.579. The highest BCUT2D eigenvalue weighted by molar-refractivity contribution is 5.67. The van der Waals surface area contributed by atoms with E-state index in [0.29, 0.717) is 24.6 Å². The Morgan fingerprint density at radius 2 is 2.15 bits per heavy atom. The molecule has 0 fully saturated rings. The average molecular weight is 358 g/mol. The summed E-state index contributed by atoms with van der Waals surface area (Å²) >= 11 is 0. The molecular formula is C19H26N4O3. The summed E-state index contributed by atoms with van der Waals surface area (Å²) < 4.78 is 5.31. The van der Waals surface area contributed by atoms with Gasteiger partial charge in [-0.1, -0.05) is 25.1 Å². The molecule has 0 unspecified atom stereocenters. The fourth-order valence-corrected chi connectivity index (χ4v) is 3.37. The van der Waals surface area contributed by atoms with Crippen LogP contribution in [-0.4, -0.2) is 32.7 Å². The van der Waals surface area contributed by atoms with Crippen LogP contribution in [0.5, 0.6) is 0 Å². The van der Waals surface area contributed by atoms with E-state index >= 15 is 0 Å². The number of anilines is 1. The van der Waals surface area contributed by atoms with Crippen molar-refractivity contribution in [3.05, 3.63) is 34.6 Å². The topological polar surface area (TPSA) is 101 Å². The normalized spacial score (nSPS) is 14.0. The van der Waals surface area contributed by atoms with Crippen molar-refractivity contribution >= 4 is 11.8 Å². The van der Waals surface area contributed by atoms with Gasteiger partial charge in [-0.05, 0) is 42.7 Å². The molecule has 140 valence electrons. The Labute approximate surface area is 153 Å². The summed E-state index contributed by atoms with van der Waals surface area (Å²) in [5, 5.41) is 16.4. The highest BCUT2D eigenvalue weighted by Crippen LogP contribution is 2.26. The van der Waals surface area contributed by atoms with E-state index in [1.807, 2.05) is 20.8 Å². The molecule has 7 heteroatoms. The minimum absolute atomic E-state index is 0.0682. The zero-order valence-electron chi connectivity index (χ0n) is 15.6. The molecule has 0 bridgehead atoms. The molecule has 26 heavy (non-hydrogen) atoms. The van der Waals surface area contributed by atoms with Crippen molar-refractivity contribution in [2.45, 2.75) is 59.3 Å². The van der Waals surface area contributed by atoms with Gasteiger partial charge in [0.15, 0.2) is 5.82 Å². The second kappa shape index (κ2) is 7.43. The standard InChI is InChI=1S/C19H26N4O3/c1-12-13(9-14-5-4-8-20-18(14)21-12)6-7-15-22-16(26-23-15)10-19(2,3)11-17(24)25/h9H,4-8,10-11H2,1-3H3,(H,20,21)(H,24,25). The molecule has 0 radical (unpaired) electrons. The number of carboxylic acids is 1. The highest BCUT2D eigenvalue weighted by atomic mass is 16.5. The summed E-state index contributed by atoms with van der Waals surface area (Å²) in [6.07, 6.45) is 4.21. The summed E-state index contributed by atoms with van der Waals surface area (Å²) in [7, 11) is 0. The number of rotatable bonds is 7. The summed E-state index contributed by atoms with van der Waals surface area (Å²) in [6, 6.07) is 2.24. The molecule has 0 spiro atoms. The minimum Gasteiger partial charge on any atom is -0.481 e. The Bertz CT molecular complexity index is 798. The summed E-state index contributed by atoms with van der Waals surface area (Å²) in [4.78, 5) is 20.0. The van der Waals surface area contributed by atoms with Crippen molar-refractivity contribution in [3.63, 3.8) is 0 Å². The van der Waals surface area contributed by atoms with E-state index in [-0.39, 0.29) is 6.42 Å². The summed E-state index contributed by atoms with van der Waals surface area (Å²) in [5.41, 5.74) is 3.11. The van der Waals surface area contributed by atoms with E-state index < -0.39 is 11.4 Å². The molecule has 3 rings (SSSR count). The van der Waals surface area contributed by atoms with Crippen molar-refractivity contribution in [2.75, 3.05) is 11.9 Å². The van der Waals surface area contributed by atoms with Gasteiger partial charge in [0.25, 0.3) is 0 Å². The molecule has 2 N–H and O–H groups in total. The van der Waals surface area contributed by atoms with E-state index in [0.717, 1.165) is 37.3 Å². The number of pyridine rings is 1. The van der Waals surface area contributed by atoms with E-state index in [9.17, 15) is 4.79 Å². The van der Waals surface area contributed by atoms with Gasteiger partial charge < -0.3 is 14.9 Å². The van der Waals surface area contributed by atoms with Gasteiger partial charge in [-0.3, -0.25) is 4.79 Å². The monoisotopic (exact) mass is 358 g/mol. The Kier molecular flexibility index (Phi) is 5.25. The van der Waals surface area contributed by atoms with Gasteiger partial charge in [-0.2, -0.15) is 4.98 Å². The van der Waals surface area contributed by atoms with Crippen LogP contribution in [0.4, 0.5) is 5.82 Å². The lowest BCUT2D eigenvalue weighted by Crippen LogP contribution is -2.19. The molecule has 7 nitrogen and oxygen atoms in total. The van der Waals surface area contributed by atoms with Gasteiger partial charge in [0.1, 0.15) is 5.82 Å². The largest absolute Gasteiger partial charge is 0.481 e. The Hall–Kier alpha value is -2.44. The number of nitrogens with one attached hydrogen (secondary N) is 1. The first-order valence-corrected chi connectivity index (χ1v) is 9.09.